The summed E-state index contributed by atoms with van der Waals surface area (Å²) in [7, 11) is 1.68. The normalized spacial score (nSPS) is 11.9. The number of pyridine rings is 1. The van der Waals surface area contributed by atoms with Crippen molar-refractivity contribution in [1.82, 2.24) is 9.99 Å². The van der Waals surface area contributed by atoms with Gasteiger partial charge >= 0.3 is 0 Å². The van der Waals surface area contributed by atoms with Gasteiger partial charge in [-0.05, 0) is 36.2 Å². The van der Waals surface area contributed by atoms with E-state index >= 15 is 0 Å². The molecule has 0 N–H and O–H groups in total. The van der Waals surface area contributed by atoms with Crippen LogP contribution in [0.3, 0.4) is 0 Å². The molecule has 0 radical (unpaired) electrons. The summed E-state index contributed by atoms with van der Waals surface area (Å²) in [5.41, 5.74) is 2.19. The lowest BCUT2D eigenvalue weighted by Gasteiger charge is -2.19. The van der Waals surface area contributed by atoms with Crippen molar-refractivity contribution < 1.29 is 0 Å². The minimum Gasteiger partial charge on any atom is -0.264 e. The molecular formula is C15H16BrN3O. The molecule has 1 heterocycles. The SMILES string of the molecule is CN(CCC(c1ccc(Br)cc1)c1ccccn1)N=O. The van der Waals surface area contributed by atoms with Crippen LogP contribution >= 0.6 is 15.9 Å². The molecule has 2 rings (SSSR count). The van der Waals surface area contributed by atoms with Crippen LogP contribution in [0.4, 0.5) is 0 Å². The molecule has 1 unspecified atom stereocenters. The zero-order valence-corrected chi connectivity index (χ0v) is 12.8. The molecule has 0 aliphatic rings. The molecule has 0 amide bonds. The number of hydrogen-bond donors (Lipinski definition) is 0. The van der Waals surface area contributed by atoms with Crippen LogP contribution in [0, 0.1) is 4.91 Å². The third-order valence-corrected chi connectivity index (χ3v) is 3.73. The maximum absolute atomic E-state index is 10.5. The standard InChI is InChI=1S/C15H16BrN3O/c1-19(18-20)11-9-14(15-4-2-3-10-17-15)12-5-7-13(16)8-6-12/h2-8,10,14H,9,11H2,1H3. The van der Waals surface area contributed by atoms with Crippen LogP contribution in [0.25, 0.3) is 0 Å². The van der Waals surface area contributed by atoms with Gasteiger partial charge in [0.1, 0.15) is 0 Å². The van der Waals surface area contributed by atoms with E-state index < -0.39 is 0 Å². The van der Waals surface area contributed by atoms with Crippen molar-refractivity contribution in [2.75, 3.05) is 13.6 Å². The number of hydrogen-bond acceptors (Lipinski definition) is 3. The Kier molecular flexibility index (Phi) is 5.24. The lowest BCUT2D eigenvalue weighted by atomic mass is 9.92. The van der Waals surface area contributed by atoms with Crippen LogP contribution < -0.4 is 0 Å². The molecule has 0 fully saturated rings. The second kappa shape index (κ2) is 7.14. The number of rotatable bonds is 6. The zero-order chi connectivity index (χ0) is 14.4. The average Bonchev–Trinajstić information content (AvgIpc) is 2.50. The van der Waals surface area contributed by atoms with Gasteiger partial charge in [0.05, 0.1) is 5.29 Å². The highest BCUT2D eigenvalue weighted by Crippen LogP contribution is 2.27. The summed E-state index contributed by atoms with van der Waals surface area (Å²) in [5, 5.41) is 4.33. The monoisotopic (exact) mass is 333 g/mol. The quantitative estimate of drug-likeness (QED) is 0.593. The second-order valence-electron chi connectivity index (χ2n) is 4.61. The van der Waals surface area contributed by atoms with Crippen molar-refractivity contribution in [2.45, 2.75) is 12.3 Å². The molecule has 4 nitrogen and oxygen atoms in total. The highest BCUT2D eigenvalue weighted by molar-refractivity contribution is 9.10. The highest BCUT2D eigenvalue weighted by atomic mass is 79.9. The molecule has 1 aromatic carbocycles. The summed E-state index contributed by atoms with van der Waals surface area (Å²) >= 11 is 3.44. The smallest absolute Gasteiger partial charge is 0.0521 e. The van der Waals surface area contributed by atoms with Gasteiger partial charge in [0.15, 0.2) is 0 Å². The fourth-order valence-electron chi connectivity index (χ4n) is 2.12. The highest BCUT2D eigenvalue weighted by Gasteiger charge is 2.16. The fourth-order valence-corrected chi connectivity index (χ4v) is 2.38. The molecule has 0 bridgehead atoms. The number of aromatic nitrogens is 1. The van der Waals surface area contributed by atoms with E-state index in [1.807, 2.05) is 30.3 Å². The summed E-state index contributed by atoms with van der Waals surface area (Å²) in [6.45, 7) is 0.598. The Morgan fingerprint density at radius 3 is 2.60 bits per heavy atom. The third kappa shape index (κ3) is 3.87. The Morgan fingerprint density at radius 2 is 2.00 bits per heavy atom. The number of nitroso groups, excluding NO2 is 1. The largest absolute Gasteiger partial charge is 0.264 e. The van der Waals surface area contributed by atoms with Gasteiger partial charge in [0.2, 0.25) is 0 Å². The van der Waals surface area contributed by atoms with Crippen molar-refractivity contribution in [3.63, 3.8) is 0 Å². The Bertz CT molecular complexity index is 545. The first kappa shape index (κ1) is 14.7. The topological polar surface area (TPSA) is 45.6 Å². The van der Waals surface area contributed by atoms with Gasteiger partial charge in [0.25, 0.3) is 0 Å². The van der Waals surface area contributed by atoms with E-state index in [0.29, 0.717) is 6.54 Å². The summed E-state index contributed by atoms with van der Waals surface area (Å²) in [5.74, 6) is 0.161. The van der Waals surface area contributed by atoms with Crippen LogP contribution in [0.2, 0.25) is 0 Å². The Morgan fingerprint density at radius 1 is 1.25 bits per heavy atom. The molecule has 20 heavy (non-hydrogen) atoms. The Hall–Kier alpha value is -1.75. The lowest BCUT2D eigenvalue weighted by Crippen LogP contribution is -2.16. The van der Waals surface area contributed by atoms with Gasteiger partial charge in [-0.15, -0.1) is 4.91 Å². The Labute approximate surface area is 126 Å². The first-order valence-corrected chi connectivity index (χ1v) is 7.21. The minimum atomic E-state index is 0.161. The maximum Gasteiger partial charge on any atom is 0.0521 e. The summed E-state index contributed by atoms with van der Waals surface area (Å²) in [6, 6.07) is 14.1. The van der Waals surface area contributed by atoms with E-state index in [1.165, 1.54) is 10.6 Å². The molecule has 1 aromatic heterocycles. The number of nitrogens with zero attached hydrogens (tertiary/aromatic N) is 3. The Balaban J connectivity index is 2.24. The predicted octanol–water partition coefficient (Wildman–Crippen LogP) is 3.98. The lowest BCUT2D eigenvalue weighted by molar-refractivity contribution is 0.336. The van der Waals surface area contributed by atoms with Crippen LogP contribution in [-0.4, -0.2) is 23.6 Å². The minimum absolute atomic E-state index is 0.161. The molecule has 0 aliphatic heterocycles. The van der Waals surface area contributed by atoms with Gasteiger partial charge < -0.3 is 0 Å². The van der Waals surface area contributed by atoms with E-state index in [-0.39, 0.29) is 5.92 Å². The van der Waals surface area contributed by atoms with E-state index in [0.717, 1.165) is 16.6 Å². The number of halogens is 1. The summed E-state index contributed by atoms with van der Waals surface area (Å²) < 4.78 is 1.05. The zero-order valence-electron chi connectivity index (χ0n) is 11.2. The molecule has 5 heteroatoms. The molecule has 0 aliphatic carbocycles. The van der Waals surface area contributed by atoms with E-state index in [1.54, 1.807) is 13.2 Å². The summed E-state index contributed by atoms with van der Waals surface area (Å²) in [4.78, 5) is 14.9. The first-order valence-electron chi connectivity index (χ1n) is 6.41. The fraction of sp³-hybridized carbons (Fsp3) is 0.267. The van der Waals surface area contributed by atoms with E-state index in [4.69, 9.17) is 0 Å². The predicted molar refractivity (Wildman–Crippen MR) is 83.3 cm³/mol. The molecule has 0 spiro atoms. The average molecular weight is 334 g/mol. The van der Waals surface area contributed by atoms with Gasteiger partial charge in [0, 0.05) is 35.9 Å². The van der Waals surface area contributed by atoms with Gasteiger partial charge in [-0.25, -0.2) is 0 Å². The molecule has 1 atom stereocenters. The van der Waals surface area contributed by atoms with Crippen LogP contribution in [-0.2, 0) is 0 Å². The molecule has 0 saturated carbocycles. The molecular weight excluding hydrogens is 318 g/mol. The molecule has 0 saturated heterocycles. The van der Waals surface area contributed by atoms with Crippen molar-refractivity contribution in [2.24, 2.45) is 5.29 Å². The molecule has 104 valence electrons. The third-order valence-electron chi connectivity index (χ3n) is 3.20. The maximum atomic E-state index is 10.5. The summed E-state index contributed by atoms with van der Waals surface area (Å²) in [6.07, 6.45) is 2.59. The second-order valence-corrected chi connectivity index (χ2v) is 5.53. The van der Waals surface area contributed by atoms with Gasteiger partial charge in [-0.1, -0.05) is 34.1 Å². The van der Waals surface area contributed by atoms with Crippen molar-refractivity contribution in [1.29, 1.82) is 0 Å². The van der Waals surface area contributed by atoms with Crippen LogP contribution in [0.5, 0.6) is 0 Å². The van der Waals surface area contributed by atoms with Gasteiger partial charge in [-0.3, -0.25) is 9.99 Å². The van der Waals surface area contributed by atoms with Crippen LogP contribution in [0.1, 0.15) is 23.6 Å². The van der Waals surface area contributed by atoms with Crippen molar-refractivity contribution in [3.05, 3.63) is 69.3 Å². The van der Waals surface area contributed by atoms with Crippen molar-refractivity contribution >= 4 is 15.9 Å². The number of benzene rings is 1. The van der Waals surface area contributed by atoms with Crippen LogP contribution in [0.15, 0.2) is 58.4 Å². The van der Waals surface area contributed by atoms with Crippen molar-refractivity contribution in [3.8, 4) is 0 Å². The van der Waals surface area contributed by atoms with E-state index in [9.17, 15) is 4.91 Å². The molecule has 2 aromatic rings. The van der Waals surface area contributed by atoms with Gasteiger partial charge in [-0.2, -0.15) is 0 Å². The first-order chi connectivity index (χ1) is 9.70. The van der Waals surface area contributed by atoms with E-state index in [2.05, 4.69) is 38.3 Å².